The summed E-state index contributed by atoms with van der Waals surface area (Å²) in [5, 5.41) is 3.90. The molecule has 0 saturated heterocycles. The first-order chi connectivity index (χ1) is 12.5. The summed E-state index contributed by atoms with van der Waals surface area (Å²) in [4.78, 5) is 4.24. The van der Waals surface area contributed by atoms with E-state index < -0.39 is 10.0 Å². The highest BCUT2D eigenvalue weighted by Gasteiger charge is 2.14. The van der Waals surface area contributed by atoms with Crippen LogP contribution in [0.4, 0.5) is 0 Å². The molecule has 0 aliphatic carbocycles. The van der Waals surface area contributed by atoms with Crippen molar-refractivity contribution in [2.75, 3.05) is 5.75 Å². The van der Waals surface area contributed by atoms with Crippen LogP contribution in [0.1, 0.15) is 23.4 Å². The Kier molecular flexibility index (Phi) is 5.80. The van der Waals surface area contributed by atoms with Crippen molar-refractivity contribution in [3.8, 4) is 11.4 Å². The van der Waals surface area contributed by atoms with Gasteiger partial charge in [0.2, 0.25) is 21.7 Å². The van der Waals surface area contributed by atoms with E-state index in [1.165, 1.54) is 0 Å². The van der Waals surface area contributed by atoms with E-state index in [0.29, 0.717) is 12.2 Å². The monoisotopic (exact) mass is 371 g/mol. The average molecular weight is 371 g/mol. The molecule has 0 aliphatic heterocycles. The molecule has 0 unspecified atom stereocenters. The van der Waals surface area contributed by atoms with E-state index in [4.69, 9.17) is 4.52 Å². The first-order valence-electron chi connectivity index (χ1n) is 8.43. The predicted molar refractivity (Wildman–Crippen MR) is 99.9 cm³/mol. The van der Waals surface area contributed by atoms with Crippen LogP contribution < -0.4 is 4.72 Å². The predicted octanol–water partition coefficient (Wildman–Crippen LogP) is 3.10. The molecule has 136 valence electrons. The largest absolute Gasteiger partial charge is 0.338 e. The fraction of sp³-hybridized carbons (Fsp3) is 0.263. The molecule has 7 heteroatoms. The summed E-state index contributed by atoms with van der Waals surface area (Å²) in [5.41, 5.74) is 3.10. The number of nitrogens with zero attached hydrogens (tertiary/aromatic N) is 2. The van der Waals surface area contributed by atoms with Gasteiger partial charge < -0.3 is 4.52 Å². The Morgan fingerprint density at radius 2 is 1.77 bits per heavy atom. The van der Waals surface area contributed by atoms with Crippen molar-refractivity contribution < 1.29 is 12.9 Å². The molecule has 3 rings (SSSR count). The van der Waals surface area contributed by atoms with Crippen LogP contribution in [0.3, 0.4) is 0 Å². The highest BCUT2D eigenvalue weighted by molar-refractivity contribution is 7.89. The quantitative estimate of drug-likeness (QED) is 0.658. The van der Waals surface area contributed by atoms with Crippen LogP contribution >= 0.6 is 0 Å². The van der Waals surface area contributed by atoms with Crippen LogP contribution in [0.15, 0.2) is 59.1 Å². The minimum Gasteiger partial charge on any atom is -0.338 e. The van der Waals surface area contributed by atoms with E-state index in [1.54, 1.807) is 0 Å². The van der Waals surface area contributed by atoms with Crippen LogP contribution in [-0.4, -0.2) is 24.3 Å². The van der Waals surface area contributed by atoms with Crippen molar-refractivity contribution >= 4 is 10.0 Å². The number of nitrogens with one attached hydrogen (secondary N) is 1. The standard InChI is InChI=1S/C19H21N3O3S/c1-15-9-11-17(12-10-15)19-21-18(25-22-19)14-20-26(23,24)13-5-8-16-6-3-2-4-7-16/h2-4,6-7,9-12,20H,5,8,13-14H2,1H3. The van der Waals surface area contributed by atoms with Crippen molar-refractivity contribution in [1.82, 2.24) is 14.9 Å². The van der Waals surface area contributed by atoms with Gasteiger partial charge in [0.1, 0.15) is 0 Å². The molecule has 0 amide bonds. The second-order valence-corrected chi connectivity index (χ2v) is 8.03. The number of benzene rings is 2. The van der Waals surface area contributed by atoms with Gasteiger partial charge in [0.25, 0.3) is 0 Å². The lowest BCUT2D eigenvalue weighted by atomic mass is 10.1. The lowest BCUT2D eigenvalue weighted by Crippen LogP contribution is -2.26. The molecule has 0 aliphatic rings. The van der Waals surface area contributed by atoms with Gasteiger partial charge in [0, 0.05) is 5.56 Å². The number of sulfonamides is 1. The molecule has 0 radical (unpaired) electrons. The zero-order valence-electron chi connectivity index (χ0n) is 14.6. The molecule has 0 atom stereocenters. The van der Waals surface area contributed by atoms with Gasteiger partial charge in [0.15, 0.2) is 0 Å². The SMILES string of the molecule is Cc1ccc(-c2noc(CNS(=O)(=O)CCCc3ccccc3)n2)cc1. The van der Waals surface area contributed by atoms with Crippen LogP contribution in [-0.2, 0) is 23.0 Å². The van der Waals surface area contributed by atoms with E-state index in [-0.39, 0.29) is 18.2 Å². The third-order valence-corrected chi connectivity index (χ3v) is 5.35. The highest BCUT2D eigenvalue weighted by atomic mass is 32.2. The number of hydrogen-bond donors (Lipinski definition) is 1. The van der Waals surface area contributed by atoms with E-state index in [2.05, 4.69) is 14.9 Å². The van der Waals surface area contributed by atoms with E-state index in [9.17, 15) is 8.42 Å². The number of aryl methyl sites for hydroxylation is 2. The second kappa shape index (κ2) is 8.25. The molecule has 2 aromatic carbocycles. The Morgan fingerprint density at radius 1 is 1.04 bits per heavy atom. The van der Waals surface area contributed by atoms with Crippen LogP contribution in [0.2, 0.25) is 0 Å². The number of hydrogen-bond acceptors (Lipinski definition) is 5. The minimum absolute atomic E-state index is 0.00741. The molecule has 26 heavy (non-hydrogen) atoms. The first-order valence-corrected chi connectivity index (χ1v) is 10.1. The molecule has 1 aromatic heterocycles. The zero-order chi connectivity index (χ0) is 18.4. The van der Waals surface area contributed by atoms with Crippen LogP contribution in [0.25, 0.3) is 11.4 Å². The highest BCUT2D eigenvalue weighted by Crippen LogP contribution is 2.16. The normalized spacial score (nSPS) is 11.6. The Balaban J connectivity index is 1.50. The Labute approximate surface area is 153 Å². The fourth-order valence-electron chi connectivity index (χ4n) is 2.50. The van der Waals surface area contributed by atoms with Crippen molar-refractivity contribution in [1.29, 1.82) is 0 Å². The summed E-state index contributed by atoms with van der Waals surface area (Å²) >= 11 is 0. The van der Waals surface area contributed by atoms with Crippen molar-refractivity contribution in [3.05, 3.63) is 71.6 Å². The minimum atomic E-state index is -3.39. The first kappa shape index (κ1) is 18.3. The Morgan fingerprint density at radius 3 is 2.50 bits per heavy atom. The summed E-state index contributed by atoms with van der Waals surface area (Å²) in [5.74, 6) is 0.747. The molecule has 3 aromatic rings. The van der Waals surface area contributed by atoms with Gasteiger partial charge in [-0.2, -0.15) is 4.98 Å². The summed E-state index contributed by atoms with van der Waals surface area (Å²) in [6, 6.07) is 17.5. The van der Waals surface area contributed by atoms with Gasteiger partial charge in [-0.25, -0.2) is 13.1 Å². The summed E-state index contributed by atoms with van der Waals surface area (Å²) in [6.07, 6.45) is 1.28. The molecule has 0 fully saturated rings. The maximum absolute atomic E-state index is 12.1. The van der Waals surface area contributed by atoms with Gasteiger partial charge in [0.05, 0.1) is 12.3 Å². The van der Waals surface area contributed by atoms with Crippen LogP contribution in [0, 0.1) is 6.92 Å². The van der Waals surface area contributed by atoms with E-state index in [0.717, 1.165) is 23.1 Å². The van der Waals surface area contributed by atoms with E-state index in [1.807, 2.05) is 61.5 Å². The average Bonchev–Trinajstić information content (AvgIpc) is 3.11. The molecule has 0 bridgehead atoms. The molecule has 0 saturated carbocycles. The Bertz CT molecular complexity index is 936. The summed E-state index contributed by atoms with van der Waals surface area (Å²) in [7, 11) is -3.39. The third kappa shape index (κ3) is 5.24. The van der Waals surface area contributed by atoms with Gasteiger partial charge in [-0.15, -0.1) is 0 Å². The van der Waals surface area contributed by atoms with Gasteiger partial charge in [-0.05, 0) is 25.3 Å². The van der Waals surface area contributed by atoms with Crippen molar-refractivity contribution in [3.63, 3.8) is 0 Å². The van der Waals surface area contributed by atoms with Gasteiger partial charge >= 0.3 is 0 Å². The third-order valence-electron chi connectivity index (χ3n) is 3.94. The molecule has 6 nitrogen and oxygen atoms in total. The number of aromatic nitrogens is 2. The Hall–Kier alpha value is -2.51. The van der Waals surface area contributed by atoms with Gasteiger partial charge in [-0.1, -0.05) is 65.3 Å². The second-order valence-electron chi connectivity index (χ2n) is 6.11. The van der Waals surface area contributed by atoms with Crippen LogP contribution in [0.5, 0.6) is 0 Å². The lowest BCUT2D eigenvalue weighted by molar-refractivity contribution is 0.376. The maximum atomic E-state index is 12.1. The number of rotatable bonds is 8. The zero-order valence-corrected chi connectivity index (χ0v) is 15.4. The molecule has 1 heterocycles. The molecule has 0 spiro atoms. The fourth-order valence-corrected chi connectivity index (χ4v) is 3.51. The topological polar surface area (TPSA) is 85.1 Å². The van der Waals surface area contributed by atoms with Crippen molar-refractivity contribution in [2.24, 2.45) is 0 Å². The summed E-state index contributed by atoms with van der Waals surface area (Å²) in [6.45, 7) is 1.99. The van der Waals surface area contributed by atoms with E-state index >= 15 is 0 Å². The molecular formula is C19H21N3O3S. The molecular weight excluding hydrogens is 350 g/mol. The van der Waals surface area contributed by atoms with Gasteiger partial charge in [-0.3, -0.25) is 0 Å². The molecule has 1 N–H and O–H groups in total. The maximum Gasteiger partial charge on any atom is 0.242 e. The van der Waals surface area contributed by atoms with Crippen molar-refractivity contribution in [2.45, 2.75) is 26.3 Å². The smallest absolute Gasteiger partial charge is 0.242 e. The lowest BCUT2D eigenvalue weighted by Gasteiger charge is -2.04. The summed E-state index contributed by atoms with van der Waals surface area (Å²) < 4.78 is 31.9.